The van der Waals surface area contributed by atoms with Gasteiger partial charge in [0.15, 0.2) is 41.4 Å². The third-order valence-electron chi connectivity index (χ3n) is 12.5. The van der Waals surface area contributed by atoms with Gasteiger partial charge in [0.25, 0.3) is 17.1 Å². The highest BCUT2D eigenvalue weighted by atomic mass is 31.3. The number of aliphatic hydroxyl groups is 3. The second-order valence-corrected chi connectivity index (χ2v) is 24.0. The molecule has 0 bridgehead atoms. The number of nitrogens with one attached hydrogen (secondary N) is 2. The van der Waals surface area contributed by atoms with Crippen molar-refractivity contribution >= 4 is 82.3 Å². The Kier molecular flexibility index (Phi) is 15.5. The number of nitrogens with two attached hydrogens (primary N) is 3. The molecule has 0 radical (unpaired) electrons. The molecule has 3 aliphatic heterocycles. The van der Waals surface area contributed by atoms with Crippen LogP contribution in [-0.4, -0.2) is 164 Å². The van der Waals surface area contributed by atoms with Gasteiger partial charge in [-0.1, -0.05) is 4.98 Å². The topological polar surface area (TPSA) is 557 Å². The highest BCUT2D eigenvalue weighted by molar-refractivity contribution is 7.66. The summed E-state index contributed by atoms with van der Waals surface area (Å²) < 4.78 is 106. The van der Waals surface area contributed by atoms with Crippen LogP contribution in [-0.2, 0) is 66.4 Å². The van der Waals surface area contributed by atoms with Crippen molar-refractivity contribution < 1.29 is 98.9 Å². The minimum atomic E-state index is -6.22. The van der Waals surface area contributed by atoms with Gasteiger partial charge in [0.05, 0.1) is 51.7 Å². The van der Waals surface area contributed by atoms with Gasteiger partial charge in [0.1, 0.15) is 54.1 Å². The lowest BCUT2D eigenvalue weighted by atomic mass is 9.93. The molecule has 9 rings (SSSR count). The third kappa shape index (κ3) is 11.1. The molecule has 418 valence electrons. The summed E-state index contributed by atoms with van der Waals surface area (Å²) in [5, 5.41) is 42.6. The van der Waals surface area contributed by atoms with Crippen LogP contribution in [0, 0.1) is 17.2 Å². The maximum atomic E-state index is 14.4. The van der Waals surface area contributed by atoms with E-state index in [1.54, 1.807) is 0 Å². The van der Waals surface area contributed by atoms with Crippen LogP contribution >= 0.6 is 31.1 Å². The number of methoxy groups -OCH3 is 1. The molecule has 3 aliphatic rings. The molecule has 0 saturated carbocycles. The molecule has 3 saturated heterocycles. The number of imidazole rings is 3. The van der Waals surface area contributed by atoms with Crippen LogP contribution in [0.2, 0.25) is 0 Å². The number of rotatable bonds is 20. The SMILES string of the molecule is CO[C@@H]1[C@H](P(=O)(O)OC[C@H]2O[C@@H](n3cnc4c(=O)[nH]c(N)nc43)[C@H](O)[C@@H]2O)[C@@H](COP(=O)(O)OP(=O)(O)OP(=O)(O)OC[C@H]2OC([n+]3cn(C)c4c(=O)[nH]c(N)nc43)[C@H](O)[C@@H]2CCC#N)O[C@H]1n1cnc2c(N)ncnc21. The molecule has 5 unspecified atom stereocenters. The number of aromatic nitrogens is 12. The fourth-order valence-electron chi connectivity index (χ4n) is 9.17. The van der Waals surface area contributed by atoms with Gasteiger partial charge in [-0.05, 0) is 6.42 Å². The summed E-state index contributed by atoms with van der Waals surface area (Å²) in [4.78, 5) is 97.2. The molecule has 16 atom stereocenters. The number of H-pyrrole nitrogens is 2. The quantitative estimate of drug-likeness (QED) is 0.0266. The Hall–Kier alpha value is -5.58. The molecule has 3 fully saturated rings. The van der Waals surface area contributed by atoms with Gasteiger partial charge in [-0.2, -0.15) is 18.9 Å². The van der Waals surface area contributed by atoms with Gasteiger partial charge in [-0.3, -0.25) is 46.9 Å². The number of anilines is 3. The van der Waals surface area contributed by atoms with Crippen molar-refractivity contribution in [2.75, 3.05) is 44.1 Å². The Morgan fingerprint density at radius 3 is 2.04 bits per heavy atom. The number of phosphoric ester groups is 2. The number of nitrogens with zero attached hydrogens (tertiary/aromatic N) is 11. The maximum Gasteiger partial charge on any atom is 0.490 e. The third-order valence-corrected chi connectivity index (χ3v) is 18.7. The largest absolute Gasteiger partial charge is 0.490 e. The van der Waals surface area contributed by atoms with Gasteiger partial charge in [0, 0.05) is 19.4 Å². The fourth-order valence-corrected chi connectivity index (χ4v) is 14.4. The summed E-state index contributed by atoms with van der Waals surface area (Å²) in [7, 11) is -20.8. The Morgan fingerprint density at radius 2 is 1.36 bits per heavy atom. The summed E-state index contributed by atoms with van der Waals surface area (Å²) in [5.41, 5.74) is 13.7. The highest BCUT2D eigenvalue weighted by Crippen LogP contribution is 2.68. The second kappa shape index (κ2) is 21.2. The summed E-state index contributed by atoms with van der Waals surface area (Å²) in [5.74, 6) is -1.73. The lowest BCUT2D eigenvalue weighted by Crippen LogP contribution is -2.45. The molecule has 0 amide bonds. The number of phosphoric acid groups is 3. The van der Waals surface area contributed by atoms with E-state index < -0.39 is 135 Å². The zero-order chi connectivity index (χ0) is 55.7. The van der Waals surface area contributed by atoms with Crippen LogP contribution in [0.15, 0.2) is 34.9 Å². The van der Waals surface area contributed by atoms with E-state index in [2.05, 4.69) is 48.5 Å². The van der Waals surface area contributed by atoms with E-state index in [0.717, 1.165) is 30.7 Å². The minimum absolute atomic E-state index is 0.00546. The number of aromatic amines is 2. The van der Waals surface area contributed by atoms with Crippen molar-refractivity contribution in [2.45, 2.75) is 79.9 Å². The molecule has 0 aliphatic carbocycles. The summed E-state index contributed by atoms with van der Waals surface area (Å²) in [6.45, 7) is -3.26. The molecule has 6 aromatic heterocycles. The van der Waals surface area contributed by atoms with E-state index in [4.69, 9.17) is 49.7 Å². The van der Waals surface area contributed by atoms with Crippen LogP contribution in [0.4, 0.5) is 17.7 Å². The van der Waals surface area contributed by atoms with Gasteiger partial charge < -0.3 is 75.6 Å². The summed E-state index contributed by atoms with van der Waals surface area (Å²) >= 11 is 0. The monoisotopic (exact) mass is 1170 g/mol. The molecule has 6 aromatic rings. The molecule has 0 spiro atoms. The van der Waals surface area contributed by atoms with E-state index in [1.165, 1.54) is 27.1 Å². The molecule has 77 heavy (non-hydrogen) atoms. The van der Waals surface area contributed by atoms with E-state index in [1.807, 2.05) is 6.07 Å². The van der Waals surface area contributed by atoms with Crippen molar-refractivity contribution in [1.29, 1.82) is 5.26 Å². The van der Waals surface area contributed by atoms with Crippen LogP contribution in [0.5, 0.6) is 0 Å². The first kappa shape index (κ1) is 56.2. The summed E-state index contributed by atoms with van der Waals surface area (Å²) in [6, 6.07) is 1.89. The van der Waals surface area contributed by atoms with Crippen LogP contribution in [0.25, 0.3) is 33.5 Å². The molecule has 15 N–H and O–H groups in total. The number of fused-ring (bicyclic) bond motifs is 3. The molecule has 42 heteroatoms. The first-order chi connectivity index (χ1) is 36.2. The molecule has 38 nitrogen and oxygen atoms in total. The second-order valence-electron chi connectivity index (χ2n) is 17.4. The zero-order valence-electron chi connectivity index (χ0n) is 39.5. The van der Waals surface area contributed by atoms with Crippen LogP contribution in [0.1, 0.15) is 31.5 Å². The Labute approximate surface area is 428 Å². The molecule has 0 aromatic carbocycles. The first-order valence-electron chi connectivity index (χ1n) is 22.2. The Bertz CT molecular complexity index is 3590. The van der Waals surface area contributed by atoms with Crippen molar-refractivity contribution in [3.05, 3.63) is 46.0 Å². The zero-order valence-corrected chi connectivity index (χ0v) is 43.0. The van der Waals surface area contributed by atoms with Gasteiger partial charge in [-0.15, -0.1) is 0 Å². The average molecular weight is 1170 g/mol. The lowest BCUT2D eigenvalue weighted by molar-refractivity contribution is -0.745. The smallest absolute Gasteiger partial charge is 0.387 e. The number of aryl methyl sites for hydroxylation is 1. The van der Waals surface area contributed by atoms with Crippen molar-refractivity contribution in [3.8, 4) is 6.07 Å². The van der Waals surface area contributed by atoms with E-state index >= 15 is 0 Å². The Morgan fingerprint density at radius 1 is 0.753 bits per heavy atom. The van der Waals surface area contributed by atoms with Crippen LogP contribution < -0.4 is 32.9 Å². The van der Waals surface area contributed by atoms with E-state index in [9.17, 15) is 68.0 Å². The number of hydrogen-bond acceptors (Lipinski definition) is 28. The number of ether oxygens (including phenoxy) is 4. The summed E-state index contributed by atoms with van der Waals surface area (Å²) in [6.07, 6.45) is -11.6. The van der Waals surface area contributed by atoms with Crippen molar-refractivity contribution in [3.63, 3.8) is 0 Å². The predicted octanol–water partition coefficient (Wildman–Crippen LogP) is -3.08. The van der Waals surface area contributed by atoms with Gasteiger partial charge >= 0.3 is 36.7 Å². The van der Waals surface area contributed by atoms with Crippen molar-refractivity contribution in [1.82, 2.24) is 53.6 Å². The maximum absolute atomic E-state index is 14.4. The molecular formula is C35H47N16O22P4+. The Balaban J connectivity index is 0.891. The number of aliphatic hydroxyl groups excluding tert-OH is 3. The van der Waals surface area contributed by atoms with Crippen molar-refractivity contribution in [2.24, 2.45) is 13.0 Å². The number of hydrogen-bond donors (Lipinski definition) is 12. The van der Waals surface area contributed by atoms with E-state index in [0.29, 0.717) is 0 Å². The highest BCUT2D eigenvalue weighted by Gasteiger charge is 2.58. The molecule has 9 heterocycles. The number of nitrogen functional groups attached to an aromatic ring is 3. The van der Waals surface area contributed by atoms with Crippen LogP contribution in [0.3, 0.4) is 0 Å². The minimum Gasteiger partial charge on any atom is -0.387 e. The fraction of sp³-hybridized carbons (Fsp3) is 0.543. The van der Waals surface area contributed by atoms with E-state index in [-0.39, 0.29) is 64.0 Å². The van der Waals surface area contributed by atoms with Gasteiger partial charge in [0.2, 0.25) is 17.7 Å². The first-order valence-corrected chi connectivity index (χ1v) is 28.4. The normalized spacial score (nSPS) is 29.9. The number of nitriles is 1. The molecular weight excluding hydrogens is 1120 g/mol. The predicted molar refractivity (Wildman–Crippen MR) is 250 cm³/mol. The van der Waals surface area contributed by atoms with Gasteiger partial charge in [-0.25, -0.2) is 38.2 Å². The average Bonchev–Trinajstić information content (AvgIpc) is 4.26. The standard InChI is InChI=1S/C35H46N16O22P4/c1-48-12-51(28-19(48)30(56)47-35(39)45-28)31-20(52)13(4-3-5-36)14(69-31)6-67-75(59,60)72-77(63,64)73-76(61,62)68-8-16-24(23(65-2)33(71-16)49-10-42-17-25(37)40-9-41-26(17)49)74(57,58)66-7-15-21(53)22(54)32(70-15)50-11-43-18-27(50)44-34(38)46-29(18)55/h9-16,20-24,31-33,52-54H,3-4,6-8H2,1-2H3,(H11-,37,38,39,40,41,44,45,46,47,55,56,57,58,59,60,61,62,63,64)/p+1/t13-,14-,15-,16-,20-,21-,22-,23-,24-,31?,32-,33-/m1/s1. The lowest BCUT2D eigenvalue weighted by Gasteiger charge is -2.28.